The van der Waals surface area contributed by atoms with Crippen LogP contribution in [0.5, 0.6) is 0 Å². The Labute approximate surface area is 205 Å². The van der Waals surface area contributed by atoms with Crippen LogP contribution in [-0.4, -0.2) is 68.2 Å². The molecular weight excluding hydrogens is 474 g/mol. The van der Waals surface area contributed by atoms with E-state index in [0.717, 1.165) is 5.69 Å². The Morgan fingerprint density at radius 1 is 1.11 bits per heavy atom. The molecule has 1 atom stereocenters. The van der Waals surface area contributed by atoms with Crippen molar-refractivity contribution >= 4 is 46.5 Å². The third-order valence-electron chi connectivity index (χ3n) is 4.72. The van der Waals surface area contributed by atoms with Crippen molar-refractivity contribution in [3.63, 3.8) is 0 Å². The summed E-state index contributed by atoms with van der Waals surface area (Å²) in [5.41, 5.74) is 13.7. The van der Waals surface area contributed by atoms with Crippen LogP contribution >= 0.6 is 0 Å². The molecule has 2 heterocycles. The van der Waals surface area contributed by atoms with Crippen molar-refractivity contribution < 1.29 is 29.4 Å². The third kappa shape index (κ3) is 7.71. The summed E-state index contributed by atoms with van der Waals surface area (Å²) in [6, 6.07) is 5.16. The van der Waals surface area contributed by atoms with Gasteiger partial charge in [0, 0.05) is 24.7 Å². The first-order valence-electron chi connectivity index (χ1n) is 10.4. The first-order chi connectivity index (χ1) is 17.0. The van der Waals surface area contributed by atoms with Crippen molar-refractivity contribution in [2.75, 3.05) is 30.5 Å². The van der Waals surface area contributed by atoms with Crippen LogP contribution in [0.15, 0.2) is 30.5 Å². The number of nitrogens with zero attached hydrogens (tertiary/aromatic N) is 5. The molecule has 15 heteroatoms. The molecule has 0 radical (unpaired) electrons. The smallest absolute Gasteiger partial charge is 0.326 e. The van der Waals surface area contributed by atoms with Crippen molar-refractivity contribution in [1.82, 2.24) is 25.3 Å². The van der Waals surface area contributed by atoms with E-state index >= 15 is 0 Å². The van der Waals surface area contributed by atoms with Gasteiger partial charge in [0.05, 0.1) is 25.5 Å². The number of fused-ring (bicyclic) bond motifs is 1. The van der Waals surface area contributed by atoms with Crippen LogP contribution in [0.4, 0.5) is 17.5 Å². The first kappa shape index (κ1) is 27.6. The molecular formula is C21H27N9O6. The third-order valence-corrected chi connectivity index (χ3v) is 4.72. The van der Waals surface area contributed by atoms with E-state index in [1.165, 1.54) is 19.2 Å². The molecule has 0 fully saturated rings. The second-order valence-corrected chi connectivity index (χ2v) is 7.44. The van der Waals surface area contributed by atoms with Gasteiger partial charge in [0.1, 0.15) is 6.04 Å². The highest BCUT2D eigenvalue weighted by Crippen LogP contribution is 2.19. The number of carboxylic acids is 2. The normalized spacial score (nSPS) is 11.2. The van der Waals surface area contributed by atoms with E-state index in [1.807, 2.05) is 11.9 Å². The van der Waals surface area contributed by atoms with Crippen molar-refractivity contribution in [2.24, 2.45) is 5.90 Å². The lowest BCUT2D eigenvalue weighted by Crippen LogP contribution is -2.41. The zero-order valence-electron chi connectivity index (χ0n) is 19.6. The maximum atomic E-state index is 12.4. The summed E-state index contributed by atoms with van der Waals surface area (Å²) in [6.07, 6.45) is 0.964. The van der Waals surface area contributed by atoms with Crippen molar-refractivity contribution in [2.45, 2.75) is 25.4 Å². The summed E-state index contributed by atoms with van der Waals surface area (Å²) in [5, 5.41) is 20.2. The molecule has 3 aromatic rings. The summed E-state index contributed by atoms with van der Waals surface area (Å²) < 4.78 is 0. The number of hydrogen-bond acceptors (Lipinski definition) is 12. The van der Waals surface area contributed by atoms with Crippen molar-refractivity contribution in [3.8, 4) is 0 Å². The molecule has 2 aromatic heterocycles. The fourth-order valence-corrected chi connectivity index (χ4v) is 3.03. The van der Waals surface area contributed by atoms with E-state index in [2.05, 4.69) is 36.0 Å². The Morgan fingerprint density at radius 3 is 2.33 bits per heavy atom. The molecule has 0 aliphatic carbocycles. The van der Waals surface area contributed by atoms with Crippen LogP contribution in [0, 0.1) is 0 Å². The molecule has 9 N–H and O–H groups in total. The van der Waals surface area contributed by atoms with Gasteiger partial charge in [0.25, 0.3) is 5.91 Å². The average Bonchev–Trinajstić information content (AvgIpc) is 2.82. The molecule has 0 saturated heterocycles. The zero-order chi connectivity index (χ0) is 26.8. The minimum atomic E-state index is -1.30. The van der Waals surface area contributed by atoms with Gasteiger partial charge in [-0.1, -0.05) is 0 Å². The highest BCUT2D eigenvalue weighted by Gasteiger charge is 2.21. The molecule has 192 valence electrons. The van der Waals surface area contributed by atoms with Crippen LogP contribution in [0.1, 0.15) is 28.9 Å². The summed E-state index contributed by atoms with van der Waals surface area (Å²) in [7, 11) is 3.22. The molecule has 36 heavy (non-hydrogen) atoms. The summed E-state index contributed by atoms with van der Waals surface area (Å²) >= 11 is 0. The Kier molecular flexibility index (Phi) is 9.76. The predicted molar refractivity (Wildman–Crippen MR) is 129 cm³/mol. The first-order valence-corrected chi connectivity index (χ1v) is 10.4. The maximum absolute atomic E-state index is 12.4. The highest BCUT2D eigenvalue weighted by atomic mass is 16.6. The zero-order valence-corrected chi connectivity index (χ0v) is 19.6. The number of amides is 1. The number of carboxylic acid groups (broad SMARTS) is 2. The van der Waals surface area contributed by atoms with Crippen LogP contribution in [0.25, 0.3) is 11.2 Å². The standard InChI is InChI=1S/C20H22N8O5.CH5NO/c1-28(9-11-8-23-17-15(24-11)16(21)26-20(22)27-17)12-4-2-10(3-5-12)18(31)25-13(19(32)33)6-7-14(29)30;1-3-2/h2-5,8,13H,6-7,9H2,1H3,(H,25,31)(H,29,30)(H,32,33)(H4,21,22,23,26,27);2H2,1H3. The number of anilines is 3. The minimum Gasteiger partial charge on any atom is -0.481 e. The van der Waals surface area contributed by atoms with Gasteiger partial charge in [0.2, 0.25) is 5.95 Å². The highest BCUT2D eigenvalue weighted by molar-refractivity contribution is 5.97. The van der Waals surface area contributed by atoms with E-state index in [0.29, 0.717) is 23.4 Å². The Balaban J connectivity index is 0.00000145. The molecule has 15 nitrogen and oxygen atoms in total. The molecule has 1 amide bonds. The SMILES string of the molecule is CN(Cc1cnc2nc(N)nc(N)c2n1)c1ccc(C(=O)NC(CCC(=O)O)C(=O)O)cc1.CON. The number of rotatable bonds is 9. The topological polar surface area (TPSA) is 246 Å². The molecule has 3 rings (SSSR count). The maximum Gasteiger partial charge on any atom is 0.326 e. The van der Waals surface area contributed by atoms with Gasteiger partial charge in [-0.15, -0.1) is 0 Å². The number of nitrogens with two attached hydrogens (primary N) is 3. The van der Waals surface area contributed by atoms with Gasteiger partial charge >= 0.3 is 11.9 Å². The summed E-state index contributed by atoms with van der Waals surface area (Å²) in [4.78, 5) is 56.4. The quantitative estimate of drug-likeness (QED) is 0.207. The van der Waals surface area contributed by atoms with Crippen LogP contribution < -0.4 is 27.6 Å². The molecule has 0 saturated carbocycles. The van der Waals surface area contributed by atoms with Gasteiger partial charge < -0.3 is 36.7 Å². The van der Waals surface area contributed by atoms with Gasteiger partial charge in [-0.2, -0.15) is 9.97 Å². The lowest BCUT2D eigenvalue weighted by atomic mass is 10.1. The van der Waals surface area contributed by atoms with Crippen LogP contribution in [0.2, 0.25) is 0 Å². The largest absolute Gasteiger partial charge is 0.481 e. The van der Waals surface area contributed by atoms with E-state index < -0.39 is 23.9 Å². The van der Waals surface area contributed by atoms with Gasteiger partial charge in [-0.05, 0) is 30.7 Å². The van der Waals surface area contributed by atoms with E-state index in [4.69, 9.17) is 16.6 Å². The molecule has 0 aliphatic heterocycles. The number of nitrogens with one attached hydrogen (secondary N) is 1. The van der Waals surface area contributed by atoms with Crippen LogP contribution in [-0.2, 0) is 21.0 Å². The fraction of sp³-hybridized carbons (Fsp3) is 0.286. The number of aromatic nitrogens is 4. The lowest BCUT2D eigenvalue weighted by molar-refractivity contribution is -0.140. The lowest BCUT2D eigenvalue weighted by Gasteiger charge is -2.19. The monoisotopic (exact) mass is 501 g/mol. The van der Waals surface area contributed by atoms with Gasteiger partial charge in [0.15, 0.2) is 17.0 Å². The van der Waals surface area contributed by atoms with E-state index in [9.17, 15) is 19.5 Å². The Hall–Kier alpha value is -4.63. The molecule has 0 aliphatic rings. The summed E-state index contributed by atoms with van der Waals surface area (Å²) in [6.45, 7) is 0.370. The molecule has 0 bridgehead atoms. The van der Waals surface area contributed by atoms with E-state index in [1.54, 1.807) is 18.3 Å². The van der Waals surface area contributed by atoms with Crippen molar-refractivity contribution in [3.05, 3.63) is 41.7 Å². The second-order valence-electron chi connectivity index (χ2n) is 7.44. The molecule has 1 aromatic carbocycles. The second kappa shape index (κ2) is 12.7. The molecule has 0 spiro atoms. The predicted octanol–water partition coefficient (Wildman–Crippen LogP) is -0.225. The number of carbonyl (C=O) groups excluding carboxylic acids is 1. The Bertz CT molecular complexity index is 1220. The fourth-order valence-electron chi connectivity index (χ4n) is 3.03. The number of nitrogen functional groups attached to an aromatic ring is 2. The van der Waals surface area contributed by atoms with E-state index in [-0.39, 0.29) is 30.2 Å². The van der Waals surface area contributed by atoms with Crippen LogP contribution in [0.3, 0.4) is 0 Å². The average molecular weight is 502 g/mol. The number of hydrogen-bond donors (Lipinski definition) is 6. The Morgan fingerprint density at radius 2 is 1.75 bits per heavy atom. The van der Waals surface area contributed by atoms with Gasteiger partial charge in [-0.25, -0.2) is 20.7 Å². The minimum absolute atomic E-state index is 0.0138. The number of carbonyl (C=O) groups is 3. The molecule has 1 unspecified atom stereocenters. The van der Waals surface area contributed by atoms with Gasteiger partial charge in [-0.3, -0.25) is 9.59 Å². The number of benzene rings is 1. The van der Waals surface area contributed by atoms with Crippen molar-refractivity contribution in [1.29, 1.82) is 0 Å². The number of aliphatic carboxylic acids is 2. The summed E-state index contributed by atoms with van der Waals surface area (Å²) in [5.74, 6) is 1.44.